The van der Waals surface area contributed by atoms with Crippen LogP contribution in [0.5, 0.6) is 0 Å². The summed E-state index contributed by atoms with van der Waals surface area (Å²) in [5.41, 5.74) is 2.40. The molecular formula is C21H16N4O4S. The number of rotatable bonds is 6. The number of carbonyl (C=O) groups is 2. The van der Waals surface area contributed by atoms with E-state index < -0.39 is 5.97 Å². The van der Waals surface area contributed by atoms with Gasteiger partial charge < -0.3 is 19.9 Å². The van der Waals surface area contributed by atoms with Crippen LogP contribution in [0.1, 0.15) is 16.2 Å². The molecule has 0 aliphatic heterocycles. The summed E-state index contributed by atoms with van der Waals surface area (Å²) in [6.07, 6.45) is 0. The van der Waals surface area contributed by atoms with Crippen molar-refractivity contribution in [3.05, 3.63) is 82.9 Å². The molecule has 0 aliphatic carbocycles. The van der Waals surface area contributed by atoms with Gasteiger partial charge in [-0.3, -0.25) is 0 Å². The van der Waals surface area contributed by atoms with Crippen LogP contribution in [0.25, 0.3) is 11.4 Å². The van der Waals surface area contributed by atoms with Crippen LogP contribution >= 0.6 is 11.3 Å². The Morgan fingerprint density at radius 3 is 2.40 bits per heavy atom. The minimum Gasteiger partial charge on any atom is -0.452 e. The molecule has 2 heterocycles. The molecule has 0 unspecified atom stereocenters. The zero-order valence-electron chi connectivity index (χ0n) is 15.6. The van der Waals surface area contributed by atoms with Crippen molar-refractivity contribution >= 4 is 34.7 Å². The number of nitrogens with zero attached hydrogens (tertiary/aromatic N) is 2. The Kier molecular flexibility index (Phi) is 5.81. The number of carbonyl (C=O) groups excluding carboxylic acids is 2. The van der Waals surface area contributed by atoms with Gasteiger partial charge in [0.25, 0.3) is 5.89 Å². The summed E-state index contributed by atoms with van der Waals surface area (Å²) in [7, 11) is 0. The smallest absolute Gasteiger partial charge is 0.338 e. The number of aromatic nitrogens is 2. The van der Waals surface area contributed by atoms with Crippen molar-refractivity contribution in [3.8, 4) is 11.4 Å². The Labute approximate surface area is 175 Å². The summed E-state index contributed by atoms with van der Waals surface area (Å²) in [5, 5.41) is 13.1. The number of anilines is 2. The molecule has 0 spiro atoms. The molecule has 0 radical (unpaired) electrons. The molecule has 2 N–H and O–H groups in total. The summed E-state index contributed by atoms with van der Waals surface area (Å²) in [6, 6.07) is 16.9. The highest BCUT2D eigenvalue weighted by Gasteiger charge is 2.13. The fourth-order valence-electron chi connectivity index (χ4n) is 2.54. The molecule has 0 fully saturated rings. The lowest BCUT2D eigenvalue weighted by atomic mass is 10.2. The third-order valence-corrected chi connectivity index (χ3v) is 4.67. The Morgan fingerprint density at radius 2 is 1.70 bits per heavy atom. The number of benzene rings is 2. The van der Waals surface area contributed by atoms with E-state index in [9.17, 15) is 9.59 Å². The molecule has 4 rings (SSSR count). The molecule has 2 aromatic heterocycles. The van der Waals surface area contributed by atoms with Crippen molar-refractivity contribution < 1.29 is 18.8 Å². The second-order valence-corrected chi connectivity index (χ2v) is 6.90. The monoisotopic (exact) mass is 420 g/mol. The molecule has 2 aromatic carbocycles. The first-order chi connectivity index (χ1) is 14.7. The Hall–Kier alpha value is -3.98. The molecule has 0 saturated carbocycles. The average Bonchev–Trinajstić information content (AvgIpc) is 3.45. The first kappa shape index (κ1) is 19.3. The molecule has 0 bridgehead atoms. The van der Waals surface area contributed by atoms with E-state index in [0.29, 0.717) is 22.8 Å². The zero-order valence-corrected chi connectivity index (χ0v) is 16.4. The summed E-state index contributed by atoms with van der Waals surface area (Å²) in [4.78, 5) is 28.4. The van der Waals surface area contributed by atoms with Gasteiger partial charge in [0.15, 0.2) is 6.61 Å². The van der Waals surface area contributed by atoms with Gasteiger partial charge in [-0.05, 0) is 47.8 Å². The third-order valence-electron chi connectivity index (χ3n) is 3.98. The van der Waals surface area contributed by atoms with Crippen LogP contribution < -0.4 is 10.6 Å². The minimum atomic E-state index is -0.537. The number of urea groups is 1. The van der Waals surface area contributed by atoms with Gasteiger partial charge >= 0.3 is 12.0 Å². The van der Waals surface area contributed by atoms with Crippen LogP contribution in [0.2, 0.25) is 0 Å². The Morgan fingerprint density at radius 1 is 0.967 bits per heavy atom. The summed E-state index contributed by atoms with van der Waals surface area (Å²) in [5.74, 6) is 0.123. The SMILES string of the molecule is O=C(Nc1ccccc1)Nc1ccc(C(=O)OCc2nc(-c3ccsc3)no2)cc1. The van der Waals surface area contributed by atoms with E-state index in [1.807, 2.05) is 35.0 Å². The summed E-state index contributed by atoms with van der Waals surface area (Å²) < 4.78 is 10.3. The lowest BCUT2D eigenvalue weighted by Gasteiger charge is -2.08. The molecule has 9 heteroatoms. The first-order valence-corrected chi connectivity index (χ1v) is 9.87. The molecule has 0 atom stereocenters. The summed E-state index contributed by atoms with van der Waals surface area (Å²) >= 11 is 1.53. The van der Waals surface area contributed by atoms with Gasteiger partial charge in [0, 0.05) is 22.3 Å². The van der Waals surface area contributed by atoms with Crippen LogP contribution in [-0.2, 0) is 11.3 Å². The van der Waals surface area contributed by atoms with Gasteiger partial charge in [0.1, 0.15) is 0 Å². The number of ether oxygens (including phenoxy) is 1. The van der Waals surface area contributed by atoms with Gasteiger partial charge in [0.05, 0.1) is 5.56 Å². The van der Waals surface area contributed by atoms with Crippen LogP contribution in [0, 0.1) is 0 Å². The lowest BCUT2D eigenvalue weighted by Crippen LogP contribution is -2.19. The third kappa shape index (κ3) is 4.89. The van der Waals surface area contributed by atoms with E-state index in [4.69, 9.17) is 9.26 Å². The van der Waals surface area contributed by atoms with Crippen molar-refractivity contribution in [2.75, 3.05) is 10.6 Å². The van der Waals surface area contributed by atoms with Gasteiger partial charge in [-0.2, -0.15) is 16.3 Å². The number of thiophene rings is 1. The van der Waals surface area contributed by atoms with Crippen molar-refractivity contribution in [3.63, 3.8) is 0 Å². The van der Waals surface area contributed by atoms with Gasteiger partial charge in [-0.15, -0.1) is 0 Å². The number of hydrogen-bond donors (Lipinski definition) is 2. The molecule has 0 saturated heterocycles. The van der Waals surface area contributed by atoms with Crippen LogP contribution in [0.15, 0.2) is 75.9 Å². The molecular weight excluding hydrogens is 404 g/mol. The van der Waals surface area contributed by atoms with E-state index in [2.05, 4.69) is 20.8 Å². The second-order valence-electron chi connectivity index (χ2n) is 6.12. The van der Waals surface area contributed by atoms with Gasteiger partial charge in [-0.25, -0.2) is 9.59 Å². The second kappa shape index (κ2) is 9.01. The van der Waals surface area contributed by atoms with Crippen molar-refractivity contribution in [2.45, 2.75) is 6.61 Å². The lowest BCUT2D eigenvalue weighted by molar-refractivity contribution is 0.0430. The van der Waals surface area contributed by atoms with Crippen LogP contribution in [0.4, 0.5) is 16.2 Å². The topological polar surface area (TPSA) is 106 Å². The highest BCUT2D eigenvalue weighted by Crippen LogP contribution is 2.19. The van der Waals surface area contributed by atoms with E-state index >= 15 is 0 Å². The van der Waals surface area contributed by atoms with Crippen LogP contribution in [0.3, 0.4) is 0 Å². The maximum absolute atomic E-state index is 12.2. The number of hydrogen-bond acceptors (Lipinski definition) is 7. The number of esters is 1. The normalized spacial score (nSPS) is 10.4. The molecule has 4 aromatic rings. The minimum absolute atomic E-state index is 0.130. The standard InChI is InChI=1S/C21H16N4O4S/c26-20(28-12-18-24-19(25-29-18)15-10-11-30-13-15)14-6-8-17(9-7-14)23-21(27)22-16-4-2-1-3-5-16/h1-11,13H,12H2,(H2,22,23,27). The number of para-hydroxylation sites is 1. The Balaban J connectivity index is 1.29. The van der Waals surface area contributed by atoms with E-state index in [1.165, 1.54) is 11.3 Å². The quantitative estimate of drug-likeness (QED) is 0.434. The van der Waals surface area contributed by atoms with E-state index in [1.54, 1.807) is 36.4 Å². The molecule has 150 valence electrons. The maximum atomic E-state index is 12.2. The maximum Gasteiger partial charge on any atom is 0.338 e. The number of amides is 2. The first-order valence-electron chi connectivity index (χ1n) is 8.93. The van der Waals surface area contributed by atoms with Crippen molar-refractivity contribution in [1.29, 1.82) is 0 Å². The average molecular weight is 420 g/mol. The largest absolute Gasteiger partial charge is 0.452 e. The highest BCUT2D eigenvalue weighted by molar-refractivity contribution is 7.08. The number of nitrogens with one attached hydrogen (secondary N) is 2. The predicted molar refractivity (Wildman–Crippen MR) is 112 cm³/mol. The fraction of sp³-hybridized carbons (Fsp3) is 0.0476. The molecule has 2 amide bonds. The van der Waals surface area contributed by atoms with Crippen molar-refractivity contribution in [2.24, 2.45) is 0 Å². The van der Waals surface area contributed by atoms with Gasteiger partial charge in [0.2, 0.25) is 5.82 Å². The van der Waals surface area contributed by atoms with E-state index in [0.717, 1.165) is 5.56 Å². The molecule has 30 heavy (non-hydrogen) atoms. The van der Waals surface area contributed by atoms with E-state index in [-0.39, 0.29) is 18.5 Å². The fourth-order valence-corrected chi connectivity index (χ4v) is 3.17. The summed E-state index contributed by atoms with van der Waals surface area (Å²) in [6.45, 7) is -0.130. The predicted octanol–water partition coefficient (Wildman–Crippen LogP) is 4.80. The molecule has 8 nitrogen and oxygen atoms in total. The Bertz CT molecular complexity index is 1130. The molecule has 0 aliphatic rings. The van der Waals surface area contributed by atoms with Gasteiger partial charge in [-0.1, -0.05) is 23.4 Å². The van der Waals surface area contributed by atoms with Crippen molar-refractivity contribution in [1.82, 2.24) is 10.1 Å². The highest BCUT2D eigenvalue weighted by atomic mass is 32.1. The zero-order chi connectivity index (χ0) is 20.8. The van der Waals surface area contributed by atoms with Crippen LogP contribution in [-0.4, -0.2) is 22.1 Å².